The predicted octanol–water partition coefficient (Wildman–Crippen LogP) is 6.66. The molecule has 1 amide bonds. The number of nitrogens with zero attached hydrogens (tertiary/aromatic N) is 3. The van der Waals surface area contributed by atoms with E-state index in [1.807, 2.05) is 26.0 Å². The van der Waals surface area contributed by atoms with Crippen LogP contribution in [0, 0.1) is 19.7 Å². The van der Waals surface area contributed by atoms with Crippen molar-refractivity contribution in [1.82, 2.24) is 13.8 Å². The summed E-state index contributed by atoms with van der Waals surface area (Å²) < 4.78 is 35.8. The van der Waals surface area contributed by atoms with Gasteiger partial charge in [-0.05, 0) is 55.8 Å². The normalized spacial score (nSPS) is 11.5. The lowest BCUT2D eigenvalue weighted by Crippen LogP contribution is -2.17. The van der Waals surface area contributed by atoms with Gasteiger partial charge in [0.05, 0.1) is 23.7 Å². The number of fused-ring (bicyclic) bond motifs is 2. The molecule has 10 heteroatoms. The number of anilines is 1. The minimum atomic E-state index is -0.534. The SMILES string of the molecule is Cc1cc(Sc2cc(C(=O)Nc3c(F)ccc4occc34)n(C)c2C)cc2cnn(SF)c12. The Bertz CT molecular complexity index is 1540. The van der Waals surface area contributed by atoms with E-state index in [0.29, 0.717) is 16.7 Å². The summed E-state index contributed by atoms with van der Waals surface area (Å²) in [5.74, 6) is -0.957. The third-order valence-corrected chi connectivity index (χ3v) is 7.15. The van der Waals surface area contributed by atoms with Crippen LogP contribution in [0.3, 0.4) is 0 Å². The molecule has 6 nitrogen and oxygen atoms in total. The van der Waals surface area contributed by atoms with Gasteiger partial charge in [-0.1, -0.05) is 11.8 Å². The van der Waals surface area contributed by atoms with Crippen molar-refractivity contribution < 1.29 is 17.5 Å². The van der Waals surface area contributed by atoms with Gasteiger partial charge in [0.15, 0.2) is 12.3 Å². The predicted molar refractivity (Wildman–Crippen MR) is 127 cm³/mol. The summed E-state index contributed by atoms with van der Waals surface area (Å²) >= 11 is 1.56. The maximum absolute atomic E-state index is 14.4. The molecule has 33 heavy (non-hydrogen) atoms. The molecule has 0 unspecified atom stereocenters. The highest BCUT2D eigenvalue weighted by molar-refractivity contribution is 7.99. The molecule has 0 bridgehead atoms. The fourth-order valence-corrected chi connectivity index (χ4v) is 5.39. The Hall–Kier alpha value is -3.24. The number of hydrogen-bond acceptors (Lipinski definition) is 5. The molecule has 0 saturated carbocycles. The number of carbonyl (C=O) groups excluding carboxylic acids is 1. The van der Waals surface area contributed by atoms with Gasteiger partial charge < -0.3 is 14.3 Å². The highest BCUT2D eigenvalue weighted by Crippen LogP contribution is 2.36. The number of aryl methyl sites for hydroxylation is 1. The average Bonchev–Trinajstić information content (AvgIpc) is 3.50. The third kappa shape index (κ3) is 3.68. The van der Waals surface area contributed by atoms with Crippen molar-refractivity contribution in [3.8, 4) is 0 Å². The number of aromatic nitrogens is 3. The summed E-state index contributed by atoms with van der Waals surface area (Å²) in [5.41, 5.74) is 3.49. The second-order valence-corrected chi connectivity index (χ2v) is 9.21. The number of rotatable bonds is 5. The van der Waals surface area contributed by atoms with Crippen LogP contribution in [-0.4, -0.2) is 19.7 Å². The van der Waals surface area contributed by atoms with Crippen molar-refractivity contribution in [1.29, 1.82) is 0 Å². The Labute approximate surface area is 196 Å². The van der Waals surface area contributed by atoms with Crippen LogP contribution < -0.4 is 5.32 Å². The number of benzene rings is 2. The van der Waals surface area contributed by atoms with E-state index in [-0.39, 0.29) is 18.0 Å². The fourth-order valence-electron chi connectivity index (χ4n) is 3.86. The second-order valence-electron chi connectivity index (χ2n) is 7.61. The van der Waals surface area contributed by atoms with E-state index in [1.54, 1.807) is 29.9 Å². The van der Waals surface area contributed by atoms with Crippen LogP contribution in [0.2, 0.25) is 0 Å². The first-order valence-electron chi connectivity index (χ1n) is 9.96. The van der Waals surface area contributed by atoms with E-state index in [4.69, 9.17) is 4.42 Å². The first-order chi connectivity index (χ1) is 15.9. The Balaban J connectivity index is 1.46. The van der Waals surface area contributed by atoms with E-state index in [0.717, 1.165) is 32.0 Å². The van der Waals surface area contributed by atoms with Crippen LogP contribution >= 0.6 is 24.1 Å². The van der Waals surface area contributed by atoms with Crippen molar-refractivity contribution in [3.05, 3.63) is 71.6 Å². The van der Waals surface area contributed by atoms with E-state index >= 15 is 0 Å². The fraction of sp³-hybridized carbons (Fsp3) is 0.130. The number of hydrogen-bond donors (Lipinski definition) is 1. The van der Waals surface area contributed by atoms with Crippen molar-refractivity contribution >= 4 is 57.6 Å². The summed E-state index contributed by atoms with van der Waals surface area (Å²) in [6.07, 6.45) is 3.08. The van der Waals surface area contributed by atoms with Crippen LogP contribution in [0.1, 0.15) is 21.7 Å². The molecule has 5 rings (SSSR count). The highest BCUT2D eigenvalue weighted by atomic mass is 32.2. The molecule has 0 saturated heterocycles. The summed E-state index contributed by atoms with van der Waals surface area (Å²) in [5, 5.41) is 8.07. The van der Waals surface area contributed by atoms with Gasteiger partial charge in [0.1, 0.15) is 17.1 Å². The maximum atomic E-state index is 14.4. The van der Waals surface area contributed by atoms with Crippen LogP contribution in [0.15, 0.2) is 63.1 Å². The molecular weight excluding hydrogens is 466 g/mol. The van der Waals surface area contributed by atoms with Gasteiger partial charge in [-0.2, -0.15) is 9.19 Å². The molecule has 0 radical (unpaired) electrons. The van der Waals surface area contributed by atoms with Gasteiger partial charge in [-0.3, -0.25) is 4.79 Å². The molecule has 168 valence electrons. The van der Waals surface area contributed by atoms with Crippen LogP contribution in [0.5, 0.6) is 0 Å². The molecule has 0 fully saturated rings. The first-order valence-corrected chi connectivity index (χ1v) is 11.4. The smallest absolute Gasteiger partial charge is 0.272 e. The molecular formula is C23H18F2N4O2S2. The molecule has 0 aliphatic heterocycles. The second kappa shape index (κ2) is 8.27. The Morgan fingerprint density at radius 2 is 2.00 bits per heavy atom. The number of furan rings is 1. The van der Waals surface area contributed by atoms with Gasteiger partial charge in [0, 0.05) is 33.3 Å². The zero-order valence-electron chi connectivity index (χ0n) is 17.8. The summed E-state index contributed by atoms with van der Waals surface area (Å²) in [6, 6.07) is 10.1. The lowest BCUT2D eigenvalue weighted by atomic mass is 10.2. The lowest BCUT2D eigenvalue weighted by Gasteiger charge is -2.09. The van der Waals surface area contributed by atoms with Gasteiger partial charge >= 0.3 is 0 Å². The standard InChI is InChI=1S/C23H18F2N4O2S2/c1-12-8-15(9-14-11-26-29(33-25)22(12)14)32-20-10-18(28(3)13(20)2)23(30)27-21-16-6-7-31-19(16)5-4-17(21)24/h4-11H,1-3H3,(H,27,30). The molecule has 0 atom stereocenters. The summed E-state index contributed by atoms with van der Waals surface area (Å²) in [6.45, 7) is 3.82. The van der Waals surface area contributed by atoms with E-state index < -0.39 is 11.7 Å². The number of carbonyl (C=O) groups is 1. The molecule has 1 N–H and O–H groups in total. The topological polar surface area (TPSA) is 65.0 Å². The van der Waals surface area contributed by atoms with Crippen LogP contribution in [0.25, 0.3) is 21.9 Å². The van der Waals surface area contributed by atoms with Crippen LogP contribution in [-0.2, 0) is 7.05 Å². The Morgan fingerprint density at radius 3 is 2.79 bits per heavy atom. The average molecular weight is 485 g/mol. The number of amides is 1. The Morgan fingerprint density at radius 1 is 1.18 bits per heavy atom. The molecule has 0 aliphatic rings. The first kappa shape index (κ1) is 21.6. The number of nitrogens with one attached hydrogen (secondary N) is 1. The lowest BCUT2D eigenvalue weighted by molar-refractivity contribution is 0.101. The highest BCUT2D eigenvalue weighted by Gasteiger charge is 2.20. The van der Waals surface area contributed by atoms with E-state index in [1.165, 1.54) is 34.2 Å². The van der Waals surface area contributed by atoms with Gasteiger partial charge in [0.2, 0.25) is 0 Å². The maximum Gasteiger partial charge on any atom is 0.272 e. The van der Waals surface area contributed by atoms with Crippen molar-refractivity contribution in [2.75, 3.05) is 5.32 Å². The van der Waals surface area contributed by atoms with Crippen molar-refractivity contribution in [2.45, 2.75) is 23.6 Å². The van der Waals surface area contributed by atoms with E-state index in [9.17, 15) is 13.1 Å². The van der Waals surface area contributed by atoms with Crippen molar-refractivity contribution in [2.24, 2.45) is 7.05 Å². The largest absolute Gasteiger partial charge is 0.464 e. The Kier molecular flexibility index (Phi) is 5.41. The molecule has 3 heterocycles. The summed E-state index contributed by atoms with van der Waals surface area (Å²) in [7, 11) is 1.79. The van der Waals surface area contributed by atoms with Gasteiger partial charge in [-0.25, -0.2) is 4.39 Å². The quantitative estimate of drug-likeness (QED) is 0.302. The summed E-state index contributed by atoms with van der Waals surface area (Å²) in [4.78, 5) is 14.9. The zero-order valence-corrected chi connectivity index (χ0v) is 19.5. The minimum Gasteiger partial charge on any atom is -0.464 e. The molecule has 3 aromatic heterocycles. The minimum absolute atomic E-state index is 0.0611. The van der Waals surface area contributed by atoms with Crippen molar-refractivity contribution in [3.63, 3.8) is 0 Å². The number of halogens is 2. The van der Waals surface area contributed by atoms with E-state index in [2.05, 4.69) is 10.4 Å². The molecule has 2 aromatic carbocycles. The zero-order chi connectivity index (χ0) is 23.3. The van der Waals surface area contributed by atoms with Crippen LogP contribution in [0.4, 0.5) is 14.0 Å². The third-order valence-electron chi connectivity index (χ3n) is 5.63. The molecule has 0 spiro atoms. The monoisotopic (exact) mass is 484 g/mol. The van der Waals surface area contributed by atoms with Gasteiger partial charge in [0.25, 0.3) is 5.91 Å². The molecule has 5 aromatic rings. The van der Waals surface area contributed by atoms with Gasteiger partial charge in [-0.15, -0.1) is 3.89 Å². The molecule has 0 aliphatic carbocycles.